The first kappa shape index (κ1) is 27.6. The minimum atomic E-state index is -1.01. The smallest absolute Gasteiger partial charge is 0.114 e. The zero-order chi connectivity index (χ0) is 21.9. The van der Waals surface area contributed by atoms with Gasteiger partial charge in [-0.15, -0.1) is 0 Å². The summed E-state index contributed by atoms with van der Waals surface area (Å²) in [6.07, 6.45) is 20.9. The Labute approximate surface area is 184 Å². The van der Waals surface area contributed by atoms with Crippen LogP contribution in [0.25, 0.3) is 0 Å². The molecule has 0 spiro atoms. The summed E-state index contributed by atoms with van der Waals surface area (Å²) in [4.78, 5) is 0. The lowest BCUT2D eigenvalue weighted by Crippen LogP contribution is -2.55. The number of aliphatic hydroxyl groups excluding tert-OH is 3. The average Bonchev–Trinajstić information content (AvgIpc) is 2.75. The minimum absolute atomic E-state index is 0.0330. The van der Waals surface area contributed by atoms with Crippen molar-refractivity contribution in [2.75, 3.05) is 19.8 Å². The predicted molar refractivity (Wildman–Crippen MR) is 123 cm³/mol. The van der Waals surface area contributed by atoms with Crippen LogP contribution in [0.3, 0.4) is 0 Å². The fourth-order valence-corrected chi connectivity index (χ4v) is 4.00. The second-order valence-corrected chi connectivity index (χ2v) is 8.74. The number of ether oxygens (including phenoxy) is 2. The molecule has 0 amide bonds. The topological polar surface area (TPSA) is 79.2 Å². The summed E-state index contributed by atoms with van der Waals surface area (Å²) in [6.45, 7) is 2.53. The maximum atomic E-state index is 10.00. The van der Waals surface area contributed by atoms with Crippen LogP contribution in [-0.2, 0) is 9.47 Å². The van der Waals surface area contributed by atoms with E-state index in [0.29, 0.717) is 6.61 Å². The quantitative estimate of drug-likeness (QED) is 0.201. The number of allylic oxidation sites excluding steroid dienone is 1. The van der Waals surface area contributed by atoms with Crippen LogP contribution in [0.4, 0.5) is 0 Å². The summed E-state index contributed by atoms with van der Waals surface area (Å²) in [6, 6.07) is 0. The molecule has 0 aromatic carbocycles. The van der Waals surface area contributed by atoms with E-state index in [1.54, 1.807) is 0 Å². The highest BCUT2D eigenvalue weighted by Gasteiger charge is 2.39. The number of hydrogen-bond donors (Lipinski definition) is 3. The van der Waals surface area contributed by atoms with Gasteiger partial charge in [0, 0.05) is 0 Å². The van der Waals surface area contributed by atoms with Gasteiger partial charge in [0.1, 0.15) is 24.4 Å². The van der Waals surface area contributed by atoms with Gasteiger partial charge in [-0.3, -0.25) is 0 Å². The summed E-state index contributed by atoms with van der Waals surface area (Å²) in [5.74, 6) is 0. The molecule has 4 atom stereocenters. The molecule has 1 aliphatic rings. The van der Waals surface area contributed by atoms with Crippen LogP contribution >= 0.6 is 0 Å². The molecule has 30 heavy (non-hydrogen) atoms. The largest absolute Gasteiger partial charge is 0.394 e. The zero-order valence-electron chi connectivity index (χ0n) is 19.4. The van der Waals surface area contributed by atoms with Gasteiger partial charge in [0.2, 0.25) is 0 Å². The molecule has 0 aliphatic carbocycles. The van der Waals surface area contributed by atoms with Crippen molar-refractivity contribution in [2.24, 2.45) is 0 Å². The summed E-state index contributed by atoms with van der Waals surface area (Å²) >= 11 is 0. The molecule has 1 aliphatic heterocycles. The maximum Gasteiger partial charge on any atom is 0.114 e. The van der Waals surface area contributed by atoms with Gasteiger partial charge < -0.3 is 24.8 Å². The molecule has 5 heteroatoms. The number of hydrogen-bond acceptors (Lipinski definition) is 5. The van der Waals surface area contributed by atoms with Crippen molar-refractivity contribution < 1.29 is 24.8 Å². The number of rotatable bonds is 19. The standard InChI is InChI=1S/C25H48O5/c1-2-3-4-5-6-7-8-9-10-11-12-13-14-15-16-17-18-19-29-25-23(20-26)30-21-22(27)24(25)28/h16-17,22-28H,2-15,18-21H2,1H3/b17-16+/t22-,23+,24+,25+/m1/s1. The van der Waals surface area contributed by atoms with Gasteiger partial charge in [-0.1, -0.05) is 96.1 Å². The van der Waals surface area contributed by atoms with Crippen molar-refractivity contribution >= 4 is 0 Å². The third-order valence-electron chi connectivity index (χ3n) is 5.99. The van der Waals surface area contributed by atoms with E-state index in [4.69, 9.17) is 9.47 Å². The molecule has 178 valence electrons. The van der Waals surface area contributed by atoms with Crippen LogP contribution in [0.5, 0.6) is 0 Å². The molecule has 3 N–H and O–H groups in total. The van der Waals surface area contributed by atoms with E-state index in [9.17, 15) is 15.3 Å². The molecular weight excluding hydrogens is 380 g/mol. The van der Waals surface area contributed by atoms with Gasteiger partial charge in [-0.2, -0.15) is 0 Å². The van der Waals surface area contributed by atoms with Crippen LogP contribution in [0.15, 0.2) is 12.2 Å². The molecule has 1 saturated heterocycles. The lowest BCUT2D eigenvalue weighted by molar-refractivity contribution is -0.211. The van der Waals surface area contributed by atoms with E-state index in [2.05, 4.69) is 19.1 Å². The van der Waals surface area contributed by atoms with E-state index < -0.39 is 24.4 Å². The Hall–Kier alpha value is -0.460. The van der Waals surface area contributed by atoms with E-state index >= 15 is 0 Å². The van der Waals surface area contributed by atoms with Crippen LogP contribution in [0.2, 0.25) is 0 Å². The number of unbranched alkanes of at least 4 members (excludes halogenated alkanes) is 13. The highest BCUT2D eigenvalue weighted by molar-refractivity contribution is 4.88. The first-order valence-corrected chi connectivity index (χ1v) is 12.6. The number of aliphatic hydroxyl groups is 3. The predicted octanol–water partition coefficient (Wildman–Crippen LogP) is 4.91. The molecule has 1 heterocycles. The van der Waals surface area contributed by atoms with Crippen molar-refractivity contribution in [3.8, 4) is 0 Å². The van der Waals surface area contributed by atoms with Crippen molar-refractivity contribution in [3.05, 3.63) is 12.2 Å². The summed E-state index contributed by atoms with van der Waals surface area (Å²) in [7, 11) is 0. The van der Waals surface area contributed by atoms with Crippen LogP contribution in [-0.4, -0.2) is 59.6 Å². The third kappa shape index (κ3) is 13.1. The highest BCUT2D eigenvalue weighted by Crippen LogP contribution is 2.19. The first-order chi connectivity index (χ1) is 14.7. The Kier molecular flexibility index (Phi) is 17.7. The molecule has 1 fully saturated rings. The van der Waals surface area contributed by atoms with Gasteiger partial charge in [0.15, 0.2) is 0 Å². The van der Waals surface area contributed by atoms with E-state index in [-0.39, 0.29) is 13.2 Å². The van der Waals surface area contributed by atoms with Crippen molar-refractivity contribution in [3.63, 3.8) is 0 Å². The highest BCUT2D eigenvalue weighted by atomic mass is 16.6. The molecule has 0 saturated carbocycles. The first-order valence-electron chi connectivity index (χ1n) is 12.6. The lowest BCUT2D eigenvalue weighted by Gasteiger charge is -2.37. The minimum Gasteiger partial charge on any atom is -0.394 e. The van der Waals surface area contributed by atoms with Crippen LogP contribution in [0.1, 0.15) is 103 Å². The van der Waals surface area contributed by atoms with E-state index in [0.717, 1.165) is 12.8 Å². The monoisotopic (exact) mass is 428 g/mol. The van der Waals surface area contributed by atoms with Gasteiger partial charge >= 0.3 is 0 Å². The molecule has 0 bridgehead atoms. The Morgan fingerprint density at radius 3 is 1.90 bits per heavy atom. The molecule has 5 nitrogen and oxygen atoms in total. The van der Waals surface area contributed by atoms with Crippen LogP contribution in [0, 0.1) is 0 Å². The normalized spacial score (nSPS) is 24.7. The van der Waals surface area contributed by atoms with Gasteiger partial charge in [-0.05, 0) is 19.3 Å². The SMILES string of the molecule is CCCCCCCCCCCCCCC/C=C/CCO[C@@H]1[C@@H](O)[C@H](O)CO[C@H]1CO. The summed E-state index contributed by atoms with van der Waals surface area (Å²) in [5, 5.41) is 29.0. The lowest BCUT2D eigenvalue weighted by atomic mass is 10.0. The fraction of sp³-hybridized carbons (Fsp3) is 0.920. The molecule has 1 rings (SSSR count). The molecule has 0 unspecified atom stereocenters. The Morgan fingerprint density at radius 2 is 1.33 bits per heavy atom. The third-order valence-corrected chi connectivity index (χ3v) is 5.99. The van der Waals surface area contributed by atoms with Gasteiger partial charge in [-0.25, -0.2) is 0 Å². The van der Waals surface area contributed by atoms with Crippen molar-refractivity contribution in [2.45, 2.75) is 128 Å². The van der Waals surface area contributed by atoms with E-state index in [1.165, 1.54) is 83.5 Å². The molecule has 0 aromatic heterocycles. The Morgan fingerprint density at radius 1 is 0.800 bits per heavy atom. The van der Waals surface area contributed by atoms with Gasteiger partial charge in [0.05, 0.1) is 19.8 Å². The van der Waals surface area contributed by atoms with Crippen molar-refractivity contribution in [1.29, 1.82) is 0 Å². The molecule has 0 radical (unpaired) electrons. The van der Waals surface area contributed by atoms with Gasteiger partial charge in [0.25, 0.3) is 0 Å². The molecule has 0 aromatic rings. The average molecular weight is 429 g/mol. The molecular formula is C25H48O5. The van der Waals surface area contributed by atoms with Crippen LogP contribution < -0.4 is 0 Å². The second-order valence-electron chi connectivity index (χ2n) is 8.74. The fourth-order valence-electron chi connectivity index (χ4n) is 4.00. The maximum absolute atomic E-state index is 10.00. The zero-order valence-corrected chi connectivity index (χ0v) is 19.4. The second kappa shape index (κ2) is 19.2. The van der Waals surface area contributed by atoms with E-state index in [1.807, 2.05) is 0 Å². The Bertz CT molecular complexity index is 399. The Balaban J connectivity index is 1.87. The van der Waals surface area contributed by atoms with Crippen molar-refractivity contribution in [1.82, 2.24) is 0 Å². The summed E-state index contributed by atoms with van der Waals surface area (Å²) < 4.78 is 11.0. The summed E-state index contributed by atoms with van der Waals surface area (Å²) in [5.41, 5.74) is 0.